The number of aromatic nitrogens is 1. The third-order valence-corrected chi connectivity index (χ3v) is 1.95. The van der Waals surface area contributed by atoms with Gasteiger partial charge in [0.25, 0.3) is 0 Å². The Morgan fingerprint density at radius 2 is 2.14 bits per heavy atom. The number of aromatic amines is 1. The van der Waals surface area contributed by atoms with E-state index in [0.29, 0.717) is 12.1 Å². The maximum Gasteiger partial charge on any atom is 0.354 e. The first kappa shape index (κ1) is 10.5. The fourth-order valence-electron chi connectivity index (χ4n) is 1.25. The monoisotopic (exact) mass is 195 g/mol. The number of methoxy groups -OCH3 is 1. The van der Waals surface area contributed by atoms with Gasteiger partial charge in [-0.05, 0) is 25.5 Å². The van der Waals surface area contributed by atoms with E-state index in [1.165, 1.54) is 14.0 Å². The summed E-state index contributed by atoms with van der Waals surface area (Å²) in [6.07, 6.45) is 0.322. The SMILES string of the molecule is COC(=O)c1cc(C)c(CC(C)=O)[nH]1. The second-order valence-corrected chi connectivity index (χ2v) is 3.21. The molecule has 0 unspecified atom stereocenters. The van der Waals surface area contributed by atoms with Crippen LogP contribution in [0.25, 0.3) is 0 Å². The molecule has 0 saturated heterocycles. The molecule has 0 fully saturated rings. The molecule has 1 N–H and O–H groups in total. The lowest BCUT2D eigenvalue weighted by molar-refractivity contribution is -0.116. The Hall–Kier alpha value is -1.58. The minimum absolute atomic E-state index is 0.0614. The highest BCUT2D eigenvalue weighted by atomic mass is 16.5. The van der Waals surface area contributed by atoms with Crippen LogP contribution in [0.15, 0.2) is 6.07 Å². The molecule has 4 nitrogen and oxygen atoms in total. The molecule has 1 rings (SSSR count). The summed E-state index contributed by atoms with van der Waals surface area (Å²) in [5.74, 6) is -0.353. The zero-order chi connectivity index (χ0) is 10.7. The van der Waals surface area contributed by atoms with Crippen LogP contribution in [-0.2, 0) is 16.0 Å². The molecule has 0 bridgehead atoms. The number of esters is 1. The van der Waals surface area contributed by atoms with Gasteiger partial charge in [0.05, 0.1) is 7.11 Å². The van der Waals surface area contributed by atoms with Crippen molar-refractivity contribution in [1.29, 1.82) is 0 Å². The minimum atomic E-state index is -0.414. The Labute approximate surface area is 82.3 Å². The molecule has 14 heavy (non-hydrogen) atoms. The molecule has 0 radical (unpaired) electrons. The molecule has 0 aromatic carbocycles. The van der Waals surface area contributed by atoms with Crippen LogP contribution in [0.3, 0.4) is 0 Å². The molecule has 0 spiro atoms. The number of Topliss-reactive ketones (excluding diaryl/α,β-unsaturated/α-hetero) is 1. The van der Waals surface area contributed by atoms with Crippen LogP contribution >= 0.6 is 0 Å². The van der Waals surface area contributed by atoms with E-state index >= 15 is 0 Å². The lowest BCUT2D eigenvalue weighted by Crippen LogP contribution is -2.03. The molecule has 0 amide bonds. The van der Waals surface area contributed by atoms with Gasteiger partial charge in [-0.1, -0.05) is 0 Å². The largest absolute Gasteiger partial charge is 0.464 e. The quantitative estimate of drug-likeness (QED) is 0.738. The fraction of sp³-hybridized carbons (Fsp3) is 0.400. The van der Waals surface area contributed by atoms with Crippen molar-refractivity contribution in [3.05, 3.63) is 23.0 Å². The smallest absolute Gasteiger partial charge is 0.354 e. The summed E-state index contributed by atoms with van der Waals surface area (Å²) in [6, 6.07) is 1.68. The number of carbonyl (C=O) groups is 2. The van der Waals surface area contributed by atoms with Crippen LogP contribution in [0.2, 0.25) is 0 Å². The van der Waals surface area contributed by atoms with Crippen LogP contribution in [0.1, 0.15) is 28.7 Å². The lowest BCUT2D eigenvalue weighted by Gasteiger charge is -1.95. The maximum absolute atomic E-state index is 11.1. The second-order valence-electron chi connectivity index (χ2n) is 3.21. The molecule has 0 saturated carbocycles. The molecule has 4 heteroatoms. The van der Waals surface area contributed by atoms with Gasteiger partial charge >= 0.3 is 5.97 Å². The Morgan fingerprint density at radius 1 is 1.50 bits per heavy atom. The number of H-pyrrole nitrogens is 1. The van der Waals surface area contributed by atoms with Crippen LogP contribution in [-0.4, -0.2) is 23.8 Å². The van der Waals surface area contributed by atoms with E-state index < -0.39 is 5.97 Å². The van der Waals surface area contributed by atoms with E-state index in [4.69, 9.17) is 0 Å². The van der Waals surface area contributed by atoms with E-state index in [1.807, 2.05) is 6.92 Å². The normalized spacial score (nSPS) is 9.93. The maximum atomic E-state index is 11.1. The van der Waals surface area contributed by atoms with Crippen LogP contribution in [0, 0.1) is 6.92 Å². The van der Waals surface area contributed by atoms with Gasteiger partial charge in [-0.15, -0.1) is 0 Å². The van der Waals surface area contributed by atoms with Crippen molar-refractivity contribution < 1.29 is 14.3 Å². The summed E-state index contributed by atoms with van der Waals surface area (Å²) in [6.45, 7) is 3.36. The van der Waals surface area contributed by atoms with Gasteiger partial charge in [0.15, 0.2) is 0 Å². The van der Waals surface area contributed by atoms with Gasteiger partial charge in [-0.3, -0.25) is 4.79 Å². The van der Waals surface area contributed by atoms with Crippen LogP contribution < -0.4 is 0 Å². The summed E-state index contributed by atoms with van der Waals surface area (Å²) in [5, 5.41) is 0. The van der Waals surface area contributed by atoms with Gasteiger partial charge in [-0.25, -0.2) is 4.79 Å². The number of rotatable bonds is 3. The molecular weight excluding hydrogens is 182 g/mol. The third kappa shape index (κ3) is 2.22. The topological polar surface area (TPSA) is 59.2 Å². The van der Waals surface area contributed by atoms with Gasteiger partial charge in [0.2, 0.25) is 0 Å². The first-order valence-electron chi connectivity index (χ1n) is 4.31. The number of ether oxygens (including phenoxy) is 1. The predicted octanol–water partition coefficient (Wildman–Crippen LogP) is 1.24. The van der Waals surface area contributed by atoms with Gasteiger partial charge in [0.1, 0.15) is 11.5 Å². The van der Waals surface area contributed by atoms with E-state index in [0.717, 1.165) is 11.3 Å². The summed E-state index contributed by atoms with van der Waals surface area (Å²) in [5.41, 5.74) is 2.07. The number of hydrogen-bond donors (Lipinski definition) is 1. The van der Waals surface area contributed by atoms with Gasteiger partial charge in [0, 0.05) is 12.1 Å². The second kappa shape index (κ2) is 4.09. The molecular formula is C10H13NO3. The van der Waals surface area contributed by atoms with Crippen molar-refractivity contribution in [3.8, 4) is 0 Å². The highest BCUT2D eigenvalue weighted by Gasteiger charge is 2.12. The van der Waals surface area contributed by atoms with Crippen molar-refractivity contribution in [2.45, 2.75) is 20.3 Å². The highest BCUT2D eigenvalue weighted by molar-refractivity contribution is 5.88. The molecule has 1 aromatic heterocycles. The number of ketones is 1. The van der Waals surface area contributed by atoms with E-state index in [-0.39, 0.29) is 5.78 Å². The number of aryl methyl sites for hydroxylation is 1. The first-order valence-corrected chi connectivity index (χ1v) is 4.31. The highest BCUT2D eigenvalue weighted by Crippen LogP contribution is 2.11. The Bertz CT molecular complexity index is 365. The van der Waals surface area contributed by atoms with Crippen molar-refractivity contribution in [3.63, 3.8) is 0 Å². The molecule has 0 aliphatic rings. The summed E-state index contributed by atoms with van der Waals surface area (Å²) >= 11 is 0. The Morgan fingerprint density at radius 3 is 2.64 bits per heavy atom. The van der Waals surface area contributed by atoms with Crippen molar-refractivity contribution in [1.82, 2.24) is 4.98 Å². The van der Waals surface area contributed by atoms with Crippen LogP contribution in [0.4, 0.5) is 0 Å². The first-order chi connectivity index (χ1) is 6.54. The lowest BCUT2D eigenvalue weighted by atomic mass is 10.2. The molecule has 1 aromatic rings. The minimum Gasteiger partial charge on any atom is -0.464 e. The van der Waals surface area contributed by atoms with E-state index in [2.05, 4.69) is 9.72 Å². The molecule has 76 valence electrons. The Kier molecular flexibility index (Phi) is 3.06. The Balaban J connectivity index is 2.93. The zero-order valence-electron chi connectivity index (χ0n) is 8.51. The number of carbonyl (C=O) groups excluding carboxylic acids is 2. The zero-order valence-corrected chi connectivity index (χ0v) is 8.51. The van der Waals surface area contributed by atoms with Gasteiger partial charge < -0.3 is 9.72 Å². The van der Waals surface area contributed by atoms with Crippen molar-refractivity contribution in [2.24, 2.45) is 0 Å². The van der Waals surface area contributed by atoms with Gasteiger partial charge in [-0.2, -0.15) is 0 Å². The summed E-state index contributed by atoms with van der Waals surface area (Å²) in [4.78, 5) is 24.9. The van der Waals surface area contributed by atoms with Crippen molar-refractivity contribution in [2.75, 3.05) is 7.11 Å². The summed E-state index contributed by atoms with van der Waals surface area (Å²) in [7, 11) is 1.32. The third-order valence-electron chi connectivity index (χ3n) is 1.95. The molecule has 0 aliphatic heterocycles. The average Bonchev–Trinajstić information content (AvgIpc) is 2.46. The molecule has 1 heterocycles. The molecule has 0 aliphatic carbocycles. The van der Waals surface area contributed by atoms with Crippen molar-refractivity contribution >= 4 is 11.8 Å². The van der Waals surface area contributed by atoms with Crippen LogP contribution in [0.5, 0.6) is 0 Å². The molecule has 0 atom stereocenters. The summed E-state index contributed by atoms with van der Waals surface area (Å²) < 4.78 is 4.55. The number of hydrogen-bond acceptors (Lipinski definition) is 3. The predicted molar refractivity (Wildman–Crippen MR) is 51.3 cm³/mol. The standard InChI is InChI=1S/C10H13NO3/c1-6-4-9(10(13)14-3)11-8(6)5-7(2)12/h4,11H,5H2,1-3H3. The van der Waals surface area contributed by atoms with E-state index in [1.54, 1.807) is 6.07 Å². The number of nitrogens with one attached hydrogen (secondary N) is 1. The van der Waals surface area contributed by atoms with E-state index in [9.17, 15) is 9.59 Å². The average molecular weight is 195 g/mol. The fourth-order valence-corrected chi connectivity index (χ4v) is 1.25.